The molecule has 0 aromatic rings. The van der Waals surface area contributed by atoms with Crippen molar-refractivity contribution in [2.24, 2.45) is 5.92 Å². The van der Waals surface area contributed by atoms with Crippen molar-refractivity contribution in [1.29, 1.82) is 0 Å². The molecule has 0 aromatic heterocycles. The zero-order valence-corrected chi connectivity index (χ0v) is 11.4. The minimum absolute atomic E-state index is 0.142. The quantitative estimate of drug-likeness (QED) is 0.352. The van der Waals surface area contributed by atoms with Gasteiger partial charge >= 0.3 is 6.61 Å². The average molecular weight is 267 g/mol. The molecule has 0 unspecified atom stereocenters. The first kappa shape index (κ1) is 18.5. The highest BCUT2D eigenvalue weighted by atomic mass is 35.5. The summed E-state index contributed by atoms with van der Waals surface area (Å²) in [5.41, 5.74) is 0. The monoisotopic (exact) mass is 266 g/mol. The Bertz CT molecular complexity index is 236. The van der Waals surface area contributed by atoms with Crippen LogP contribution in [-0.4, -0.2) is 13.0 Å². The first-order valence-electron chi connectivity index (χ1n) is 5.38. The van der Waals surface area contributed by atoms with Gasteiger partial charge < -0.3 is 4.74 Å². The Kier molecular flexibility index (Phi) is 14.4. The maximum atomic E-state index is 11.9. The summed E-state index contributed by atoms with van der Waals surface area (Å²) in [6, 6.07) is 0. The molecule has 0 atom stereocenters. The summed E-state index contributed by atoms with van der Waals surface area (Å²) < 4.78 is 28.1. The molecule has 0 aliphatic heterocycles. The lowest BCUT2D eigenvalue weighted by atomic mass is 10.1. The van der Waals surface area contributed by atoms with Crippen molar-refractivity contribution in [1.82, 2.24) is 0 Å². The Morgan fingerprint density at radius 3 is 2.35 bits per heavy atom. The molecule has 0 bridgehead atoms. The summed E-state index contributed by atoms with van der Waals surface area (Å²) in [7, 11) is 0. The predicted molar refractivity (Wildman–Crippen MR) is 70.4 cm³/mol. The van der Waals surface area contributed by atoms with Crippen molar-refractivity contribution in [3.63, 3.8) is 0 Å². The van der Waals surface area contributed by atoms with E-state index in [1.54, 1.807) is 6.08 Å². The van der Waals surface area contributed by atoms with Gasteiger partial charge in [0.1, 0.15) is 5.76 Å². The fourth-order valence-electron chi connectivity index (χ4n) is 0.982. The summed E-state index contributed by atoms with van der Waals surface area (Å²) >= 11 is 4.64. The van der Waals surface area contributed by atoms with Crippen molar-refractivity contribution < 1.29 is 13.5 Å². The van der Waals surface area contributed by atoms with Gasteiger partial charge in [-0.3, -0.25) is 0 Å². The maximum absolute atomic E-state index is 11.9. The van der Waals surface area contributed by atoms with Crippen molar-refractivity contribution in [2.45, 2.75) is 33.3 Å². The molecule has 0 aromatic carbocycles. The van der Waals surface area contributed by atoms with Gasteiger partial charge in [-0.1, -0.05) is 32.6 Å². The summed E-state index contributed by atoms with van der Waals surface area (Å²) in [6.07, 6.45) is 9.59. The molecule has 0 heterocycles. The molecule has 0 amide bonds. The summed E-state index contributed by atoms with van der Waals surface area (Å²) in [6.45, 7) is 4.87. The second-order valence-electron chi connectivity index (χ2n) is 3.56. The van der Waals surface area contributed by atoms with Crippen molar-refractivity contribution in [3.8, 4) is 0 Å². The number of halogens is 3. The number of ether oxygens (including phenoxy) is 1. The second kappa shape index (κ2) is 13.2. The van der Waals surface area contributed by atoms with Crippen LogP contribution in [0.1, 0.15) is 26.7 Å². The number of allylic oxidation sites excluding steroid dienone is 4. The molecule has 4 heteroatoms. The number of hydrogen-bond acceptors (Lipinski definition) is 1. The van der Waals surface area contributed by atoms with Gasteiger partial charge in [0.25, 0.3) is 0 Å². The molecule has 0 rings (SSSR count). The standard InChI is InChI=1S/C12H18F2O.CH3Cl/c1-4-7-11(15-12(13)14)9-6-5-8-10(2)3;1-2/h4,6-7,9-10,12H,1,5,8H2,2-3H3;1H3/b9-6-,11-7+;. The summed E-state index contributed by atoms with van der Waals surface area (Å²) in [5, 5.41) is 0. The van der Waals surface area contributed by atoms with Crippen LogP contribution in [-0.2, 0) is 4.74 Å². The molecule has 1 nitrogen and oxygen atoms in total. The Morgan fingerprint density at radius 2 is 1.94 bits per heavy atom. The Hall–Kier alpha value is -0.830. The van der Waals surface area contributed by atoms with Gasteiger partial charge in [-0.15, -0.1) is 11.6 Å². The molecule has 0 radical (unpaired) electrons. The zero-order valence-electron chi connectivity index (χ0n) is 10.6. The smallest absolute Gasteiger partial charge is 0.387 e. The molecule has 0 fully saturated rings. The Balaban J connectivity index is 0. The van der Waals surface area contributed by atoms with E-state index in [0.717, 1.165) is 12.8 Å². The van der Waals surface area contributed by atoms with Crippen molar-refractivity contribution >= 4 is 11.6 Å². The first-order chi connectivity index (χ1) is 8.06. The Labute approximate surface area is 108 Å². The van der Waals surface area contributed by atoms with Gasteiger partial charge in [0.15, 0.2) is 0 Å². The molecular weight excluding hydrogens is 246 g/mol. The minimum atomic E-state index is -2.79. The normalized spacial score (nSPS) is 11.6. The van der Waals surface area contributed by atoms with Gasteiger partial charge in [-0.25, -0.2) is 0 Å². The summed E-state index contributed by atoms with van der Waals surface area (Å²) in [5.74, 6) is 0.751. The van der Waals surface area contributed by atoms with Crippen LogP contribution in [0.3, 0.4) is 0 Å². The van der Waals surface area contributed by atoms with Gasteiger partial charge in [-0.05, 0) is 30.9 Å². The molecule has 0 spiro atoms. The van der Waals surface area contributed by atoms with Crippen molar-refractivity contribution in [2.75, 3.05) is 6.38 Å². The van der Waals surface area contributed by atoms with E-state index in [1.807, 2.05) is 6.08 Å². The van der Waals surface area contributed by atoms with E-state index in [0.29, 0.717) is 5.92 Å². The van der Waals surface area contributed by atoms with Gasteiger partial charge in [0.05, 0.1) is 0 Å². The van der Waals surface area contributed by atoms with Crippen LogP contribution < -0.4 is 0 Å². The van der Waals surface area contributed by atoms with Crippen molar-refractivity contribution in [3.05, 3.63) is 36.6 Å². The molecule has 0 aliphatic rings. The fourth-order valence-corrected chi connectivity index (χ4v) is 0.982. The number of rotatable bonds is 7. The maximum Gasteiger partial charge on any atom is 0.387 e. The van der Waals surface area contributed by atoms with Crippen LogP contribution >= 0.6 is 11.6 Å². The van der Waals surface area contributed by atoms with Crippen LogP contribution in [0.15, 0.2) is 36.6 Å². The van der Waals surface area contributed by atoms with E-state index in [-0.39, 0.29) is 5.76 Å². The Morgan fingerprint density at radius 1 is 1.35 bits per heavy atom. The lowest BCUT2D eigenvalue weighted by molar-refractivity contribution is -0.0920. The van der Waals surface area contributed by atoms with E-state index >= 15 is 0 Å². The molecular formula is C13H21ClF2O. The van der Waals surface area contributed by atoms with Crippen LogP contribution in [0.2, 0.25) is 0 Å². The fraction of sp³-hybridized carbons (Fsp3) is 0.538. The van der Waals surface area contributed by atoms with Gasteiger partial charge in [-0.2, -0.15) is 8.78 Å². The molecule has 100 valence electrons. The number of hydrogen-bond donors (Lipinski definition) is 0. The zero-order chi connectivity index (χ0) is 13.7. The van der Waals surface area contributed by atoms with Crippen LogP contribution in [0.4, 0.5) is 8.78 Å². The third-order valence-corrected chi connectivity index (χ3v) is 1.70. The topological polar surface area (TPSA) is 9.23 Å². The molecule has 17 heavy (non-hydrogen) atoms. The van der Waals surface area contributed by atoms with Crippen LogP contribution in [0, 0.1) is 5.92 Å². The second-order valence-corrected chi connectivity index (χ2v) is 3.56. The number of alkyl halides is 3. The highest BCUT2D eigenvalue weighted by molar-refractivity contribution is 6.15. The van der Waals surface area contributed by atoms with E-state index in [2.05, 4.69) is 36.8 Å². The lowest BCUT2D eigenvalue weighted by Crippen LogP contribution is -1.96. The molecule has 0 aliphatic carbocycles. The van der Waals surface area contributed by atoms with E-state index in [4.69, 9.17) is 0 Å². The molecule has 0 N–H and O–H groups in total. The first-order valence-corrected chi connectivity index (χ1v) is 6.13. The largest absolute Gasteiger partial charge is 0.435 e. The third kappa shape index (κ3) is 15.2. The lowest BCUT2D eigenvalue weighted by Gasteiger charge is -2.04. The highest BCUT2D eigenvalue weighted by Crippen LogP contribution is 2.09. The summed E-state index contributed by atoms with van der Waals surface area (Å²) in [4.78, 5) is 0. The van der Waals surface area contributed by atoms with Gasteiger partial charge in [0, 0.05) is 6.38 Å². The highest BCUT2D eigenvalue weighted by Gasteiger charge is 2.02. The minimum Gasteiger partial charge on any atom is -0.435 e. The van der Waals surface area contributed by atoms with E-state index < -0.39 is 6.61 Å². The molecule has 0 saturated heterocycles. The molecule has 0 saturated carbocycles. The van der Waals surface area contributed by atoms with Crippen LogP contribution in [0.5, 0.6) is 0 Å². The average Bonchev–Trinajstić information content (AvgIpc) is 2.26. The predicted octanol–water partition coefficient (Wildman–Crippen LogP) is 5.14. The SMILES string of the molecule is C=C/C=C(\C=C/CCC(C)C)OC(F)F.CCl. The third-order valence-electron chi connectivity index (χ3n) is 1.70. The van der Waals surface area contributed by atoms with Gasteiger partial charge in [0.2, 0.25) is 0 Å². The van der Waals surface area contributed by atoms with E-state index in [9.17, 15) is 8.78 Å². The van der Waals surface area contributed by atoms with E-state index in [1.165, 1.54) is 18.5 Å². The van der Waals surface area contributed by atoms with Crippen LogP contribution in [0.25, 0.3) is 0 Å².